The molecule has 2 aromatic heterocycles. The minimum absolute atomic E-state index is 0.810. The van der Waals surface area contributed by atoms with Gasteiger partial charge in [0.15, 0.2) is 5.96 Å². The molecule has 114 valence electrons. The molecule has 3 N–H and O–H groups in total. The van der Waals surface area contributed by atoms with Crippen molar-refractivity contribution in [2.24, 2.45) is 4.99 Å². The summed E-state index contributed by atoms with van der Waals surface area (Å²) in [5.41, 5.74) is 2.52. The number of nitrogens with one attached hydrogen (secondary N) is 3. The molecule has 5 heteroatoms. The van der Waals surface area contributed by atoms with Crippen LogP contribution in [-0.4, -0.2) is 24.5 Å². The Morgan fingerprint density at radius 1 is 1.18 bits per heavy atom. The lowest BCUT2D eigenvalue weighted by Crippen LogP contribution is -2.37. The molecular weight excluding hydrogens is 292 g/mol. The van der Waals surface area contributed by atoms with Gasteiger partial charge in [0, 0.05) is 35.6 Å². The topological polar surface area (TPSA) is 52.2 Å². The largest absolute Gasteiger partial charge is 0.361 e. The smallest absolute Gasteiger partial charge is 0.191 e. The molecule has 0 saturated carbocycles. The summed E-state index contributed by atoms with van der Waals surface area (Å²) in [6.45, 7) is 1.66. The normalized spacial score (nSPS) is 11.8. The molecule has 0 amide bonds. The van der Waals surface area contributed by atoms with Crippen LogP contribution in [0.4, 0.5) is 0 Å². The fourth-order valence-corrected chi connectivity index (χ4v) is 3.10. The van der Waals surface area contributed by atoms with Gasteiger partial charge in [0.2, 0.25) is 0 Å². The van der Waals surface area contributed by atoms with Crippen LogP contribution < -0.4 is 10.6 Å². The van der Waals surface area contributed by atoms with Crippen LogP contribution in [0.3, 0.4) is 0 Å². The molecule has 1 aromatic carbocycles. The number of aromatic nitrogens is 1. The molecule has 0 radical (unpaired) electrons. The van der Waals surface area contributed by atoms with Crippen molar-refractivity contribution in [1.82, 2.24) is 15.6 Å². The van der Waals surface area contributed by atoms with Gasteiger partial charge in [-0.2, -0.15) is 0 Å². The number of hydrogen-bond donors (Lipinski definition) is 3. The lowest BCUT2D eigenvalue weighted by atomic mass is 10.1. The lowest BCUT2D eigenvalue weighted by Gasteiger charge is -2.10. The van der Waals surface area contributed by atoms with Crippen molar-refractivity contribution in [3.63, 3.8) is 0 Å². The molecule has 0 saturated heterocycles. The van der Waals surface area contributed by atoms with E-state index in [0.29, 0.717) is 0 Å². The van der Waals surface area contributed by atoms with Gasteiger partial charge in [-0.1, -0.05) is 24.3 Å². The molecule has 2 heterocycles. The van der Waals surface area contributed by atoms with E-state index in [1.807, 2.05) is 0 Å². The summed E-state index contributed by atoms with van der Waals surface area (Å²) in [6.07, 6.45) is 3.05. The molecule has 0 spiro atoms. The Morgan fingerprint density at radius 2 is 2.09 bits per heavy atom. The first-order chi connectivity index (χ1) is 10.9. The molecule has 0 unspecified atom stereocenters. The minimum atomic E-state index is 0.810. The lowest BCUT2D eigenvalue weighted by molar-refractivity contribution is 0.801. The van der Waals surface area contributed by atoms with Crippen molar-refractivity contribution in [1.29, 1.82) is 0 Å². The summed E-state index contributed by atoms with van der Waals surface area (Å²) in [6, 6.07) is 12.6. The molecule has 3 rings (SSSR count). The minimum Gasteiger partial charge on any atom is -0.361 e. The fourth-order valence-electron chi connectivity index (χ4n) is 2.46. The van der Waals surface area contributed by atoms with Gasteiger partial charge >= 0.3 is 0 Å². The van der Waals surface area contributed by atoms with Gasteiger partial charge in [-0.15, -0.1) is 11.3 Å². The van der Waals surface area contributed by atoms with Gasteiger partial charge < -0.3 is 15.6 Å². The first kappa shape index (κ1) is 14.7. The average Bonchev–Trinajstić information content (AvgIpc) is 3.20. The van der Waals surface area contributed by atoms with Crippen molar-refractivity contribution >= 4 is 28.2 Å². The summed E-state index contributed by atoms with van der Waals surface area (Å²) in [5, 5.41) is 10.1. The molecule has 4 nitrogen and oxygen atoms in total. The van der Waals surface area contributed by atoms with Gasteiger partial charge in [-0.25, -0.2) is 0 Å². The number of benzene rings is 1. The van der Waals surface area contributed by atoms with Gasteiger partial charge in [-0.3, -0.25) is 4.99 Å². The number of hydrogen-bond acceptors (Lipinski definition) is 2. The van der Waals surface area contributed by atoms with E-state index in [0.717, 1.165) is 25.5 Å². The zero-order valence-electron chi connectivity index (χ0n) is 12.6. The molecule has 0 bridgehead atoms. The number of nitrogens with zero attached hydrogens (tertiary/aromatic N) is 1. The molecule has 0 aliphatic carbocycles. The number of para-hydroxylation sites is 1. The first-order valence-corrected chi connectivity index (χ1v) is 8.26. The summed E-state index contributed by atoms with van der Waals surface area (Å²) in [7, 11) is 1.80. The monoisotopic (exact) mass is 312 g/mol. The standard InChI is InChI=1S/C17H20N4S/c1-18-17(21-12-14-5-4-10-22-14)19-9-8-13-11-20-16-7-3-2-6-15(13)16/h2-7,10-11,20H,8-9,12H2,1H3,(H2,18,19,21). The number of aliphatic imine (C=N–C) groups is 1. The molecule has 0 aliphatic rings. The van der Waals surface area contributed by atoms with Gasteiger partial charge in [-0.05, 0) is 29.5 Å². The molecule has 0 aliphatic heterocycles. The number of thiophene rings is 1. The summed E-state index contributed by atoms with van der Waals surface area (Å²) < 4.78 is 0. The number of guanidine groups is 1. The Balaban J connectivity index is 1.51. The number of H-pyrrole nitrogens is 1. The molecule has 0 fully saturated rings. The predicted molar refractivity (Wildman–Crippen MR) is 94.5 cm³/mol. The fraction of sp³-hybridized carbons (Fsp3) is 0.235. The maximum atomic E-state index is 4.26. The summed E-state index contributed by atoms with van der Waals surface area (Å²) in [4.78, 5) is 8.88. The van der Waals surface area contributed by atoms with Crippen molar-refractivity contribution in [2.75, 3.05) is 13.6 Å². The number of rotatable bonds is 5. The third-order valence-electron chi connectivity index (χ3n) is 3.60. The van der Waals surface area contributed by atoms with Crippen LogP contribution in [0.15, 0.2) is 53.0 Å². The second-order valence-electron chi connectivity index (χ2n) is 5.04. The molecule has 22 heavy (non-hydrogen) atoms. The van der Waals surface area contributed by atoms with Crippen molar-refractivity contribution in [3.8, 4) is 0 Å². The van der Waals surface area contributed by atoms with Crippen LogP contribution in [0.2, 0.25) is 0 Å². The molecule has 0 atom stereocenters. The van der Waals surface area contributed by atoms with E-state index in [1.54, 1.807) is 18.4 Å². The van der Waals surface area contributed by atoms with Gasteiger partial charge in [0.05, 0.1) is 6.54 Å². The number of fused-ring (bicyclic) bond motifs is 1. The van der Waals surface area contributed by atoms with Crippen molar-refractivity contribution in [2.45, 2.75) is 13.0 Å². The average molecular weight is 312 g/mol. The SMILES string of the molecule is CN=C(NCCc1c[nH]c2ccccc12)NCc1cccs1. The Labute approximate surface area is 134 Å². The summed E-state index contributed by atoms with van der Waals surface area (Å²) >= 11 is 1.75. The second-order valence-corrected chi connectivity index (χ2v) is 6.07. The van der Waals surface area contributed by atoms with E-state index in [-0.39, 0.29) is 0 Å². The number of aromatic amines is 1. The molecular formula is C17H20N4S. The second kappa shape index (κ2) is 7.13. The van der Waals surface area contributed by atoms with E-state index < -0.39 is 0 Å². The third-order valence-corrected chi connectivity index (χ3v) is 4.47. The first-order valence-electron chi connectivity index (χ1n) is 7.38. The highest BCUT2D eigenvalue weighted by Crippen LogP contribution is 2.17. The highest BCUT2D eigenvalue weighted by molar-refractivity contribution is 7.09. The maximum absolute atomic E-state index is 4.26. The van der Waals surface area contributed by atoms with Crippen LogP contribution in [-0.2, 0) is 13.0 Å². The highest BCUT2D eigenvalue weighted by atomic mass is 32.1. The van der Waals surface area contributed by atoms with Crippen molar-refractivity contribution in [3.05, 3.63) is 58.4 Å². The zero-order valence-corrected chi connectivity index (χ0v) is 13.4. The van der Waals surface area contributed by atoms with Crippen LogP contribution in [0.25, 0.3) is 10.9 Å². The third kappa shape index (κ3) is 3.49. The van der Waals surface area contributed by atoms with E-state index in [4.69, 9.17) is 0 Å². The van der Waals surface area contributed by atoms with E-state index in [1.165, 1.54) is 21.3 Å². The Bertz CT molecular complexity index is 743. The van der Waals surface area contributed by atoms with E-state index in [9.17, 15) is 0 Å². The van der Waals surface area contributed by atoms with Gasteiger partial charge in [0.1, 0.15) is 0 Å². The molecule has 3 aromatic rings. The van der Waals surface area contributed by atoms with Crippen LogP contribution in [0.5, 0.6) is 0 Å². The predicted octanol–water partition coefficient (Wildman–Crippen LogP) is 3.14. The van der Waals surface area contributed by atoms with E-state index >= 15 is 0 Å². The maximum Gasteiger partial charge on any atom is 0.191 e. The summed E-state index contributed by atoms with van der Waals surface area (Å²) in [5.74, 6) is 0.841. The van der Waals surface area contributed by atoms with Crippen LogP contribution in [0.1, 0.15) is 10.4 Å². The zero-order chi connectivity index (χ0) is 15.2. The van der Waals surface area contributed by atoms with Crippen LogP contribution >= 0.6 is 11.3 Å². The highest BCUT2D eigenvalue weighted by Gasteiger charge is 2.03. The van der Waals surface area contributed by atoms with Crippen molar-refractivity contribution < 1.29 is 0 Å². The Morgan fingerprint density at radius 3 is 2.91 bits per heavy atom. The Hall–Kier alpha value is -2.27. The van der Waals surface area contributed by atoms with Gasteiger partial charge in [0.25, 0.3) is 0 Å². The van der Waals surface area contributed by atoms with E-state index in [2.05, 4.69) is 68.6 Å². The Kier molecular flexibility index (Phi) is 4.75. The van der Waals surface area contributed by atoms with Crippen LogP contribution in [0, 0.1) is 0 Å². The quantitative estimate of drug-likeness (QED) is 0.501.